The molecule has 0 aliphatic heterocycles. The van der Waals surface area contributed by atoms with Crippen LogP contribution in [0, 0.1) is 17.0 Å². The molecule has 5 rings (SSSR count). The second kappa shape index (κ2) is 6.13. The minimum Gasteiger partial charge on any atom is -0.258 e. The number of pyridine rings is 2. The lowest BCUT2D eigenvalue weighted by Gasteiger charge is -2.04. The predicted octanol–water partition coefficient (Wildman–Crippen LogP) is 3.68. The summed E-state index contributed by atoms with van der Waals surface area (Å²) in [6, 6.07) is 12.1. The fraction of sp³-hybridized carbons (Fsp3) is 0.0556. The molecule has 0 aliphatic rings. The zero-order valence-electron chi connectivity index (χ0n) is 14.5. The van der Waals surface area contributed by atoms with Gasteiger partial charge in [-0.25, -0.2) is 9.97 Å². The largest absolute Gasteiger partial charge is 0.270 e. The second-order valence-corrected chi connectivity index (χ2v) is 7.06. The van der Waals surface area contributed by atoms with Crippen LogP contribution < -0.4 is 0 Å². The number of hydrogen-bond acceptors (Lipinski definition) is 8. The first kappa shape index (κ1) is 16.4. The lowest BCUT2D eigenvalue weighted by Crippen LogP contribution is -1.96. The summed E-state index contributed by atoms with van der Waals surface area (Å²) in [4.78, 5) is 20.0. The summed E-state index contributed by atoms with van der Waals surface area (Å²) < 4.78 is 1.64. The molecule has 10 heteroatoms. The minimum absolute atomic E-state index is 0.0192. The van der Waals surface area contributed by atoms with Crippen molar-refractivity contribution in [3.63, 3.8) is 0 Å². The molecule has 0 saturated carbocycles. The van der Waals surface area contributed by atoms with Gasteiger partial charge < -0.3 is 0 Å². The van der Waals surface area contributed by atoms with Gasteiger partial charge in [-0.3, -0.25) is 10.1 Å². The van der Waals surface area contributed by atoms with Crippen LogP contribution >= 0.6 is 11.3 Å². The zero-order chi connectivity index (χ0) is 19.3. The van der Waals surface area contributed by atoms with E-state index >= 15 is 0 Å². The smallest absolute Gasteiger partial charge is 0.258 e. The highest BCUT2D eigenvalue weighted by atomic mass is 32.1. The number of hydrogen-bond donors (Lipinski definition) is 0. The molecule has 136 valence electrons. The maximum atomic E-state index is 11.0. The average Bonchev–Trinajstić information content (AvgIpc) is 3.28. The fourth-order valence-corrected chi connectivity index (χ4v) is 3.81. The standard InChI is InChI=1S/C18H11N7O2S/c1-10-14(9-11-5-3-7-19-15(11)20-10)16-21-22-18-24(16)23-17(28-18)12-4-2-6-13(8-12)25(26)27/h2-9H,1H3. The van der Waals surface area contributed by atoms with Gasteiger partial charge in [-0.2, -0.15) is 9.61 Å². The molecule has 0 fully saturated rings. The van der Waals surface area contributed by atoms with E-state index in [-0.39, 0.29) is 5.69 Å². The summed E-state index contributed by atoms with van der Waals surface area (Å²) in [6.07, 6.45) is 1.70. The third kappa shape index (κ3) is 2.58. The number of nitrogens with zero attached hydrogens (tertiary/aromatic N) is 7. The van der Waals surface area contributed by atoms with E-state index < -0.39 is 4.92 Å². The van der Waals surface area contributed by atoms with Gasteiger partial charge >= 0.3 is 0 Å². The molecule has 9 nitrogen and oxygen atoms in total. The number of nitro groups is 1. The summed E-state index contributed by atoms with van der Waals surface area (Å²) >= 11 is 1.32. The summed E-state index contributed by atoms with van der Waals surface area (Å²) in [5, 5.41) is 25.6. The Labute approximate surface area is 161 Å². The molecule has 0 radical (unpaired) electrons. The molecule has 4 heterocycles. The van der Waals surface area contributed by atoms with E-state index in [0.29, 0.717) is 27.0 Å². The van der Waals surface area contributed by atoms with Crippen molar-refractivity contribution in [2.24, 2.45) is 0 Å². The maximum Gasteiger partial charge on any atom is 0.270 e. The Morgan fingerprint density at radius 3 is 2.89 bits per heavy atom. The Morgan fingerprint density at radius 2 is 2.04 bits per heavy atom. The van der Waals surface area contributed by atoms with Crippen molar-refractivity contribution < 1.29 is 4.92 Å². The van der Waals surface area contributed by atoms with Gasteiger partial charge in [-0.15, -0.1) is 10.2 Å². The van der Waals surface area contributed by atoms with Crippen LogP contribution in [0.4, 0.5) is 5.69 Å². The number of fused-ring (bicyclic) bond motifs is 2. The van der Waals surface area contributed by atoms with Crippen LogP contribution in [-0.2, 0) is 0 Å². The zero-order valence-corrected chi connectivity index (χ0v) is 15.3. The Hall–Kier alpha value is -3.79. The first-order chi connectivity index (χ1) is 13.6. The average molecular weight is 389 g/mol. The number of non-ortho nitro benzene ring substituents is 1. The Kier molecular flexibility index (Phi) is 3.59. The molecule has 0 unspecified atom stereocenters. The van der Waals surface area contributed by atoms with E-state index in [1.807, 2.05) is 25.1 Å². The van der Waals surface area contributed by atoms with Gasteiger partial charge in [0, 0.05) is 34.8 Å². The third-order valence-electron chi connectivity index (χ3n) is 4.32. The van der Waals surface area contributed by atoms with E-state index in [2.05, 4.69) is 25.3 Å². The van der Waals surface area contributed by atoms with Crippen molar-refractivity contribution in [1.82, 2.24) is 29.8 Å². The molecule has 0 saturated heterocycles. The SMILES string of the molecule is Cc1nc2ncccc2cc1-c1nnc2sc(-c3cccc([N+](=O)[O-])c3)nn12. The summed E-state index contributed by atoms with van der Waals surface area (Å²) in [7, 11) is 0. The highest BCUT2D eigenvalue weighted by molar-refractivity contribution is 7.19. The van der Waals surface area contributed by atoms with Gasteiger partial charge in [0.2, 0.25) is 4.96 Å². The maximum absolute atomic E-state index is 11.0. The fourth-order valence-electron chi connectivity index (χ4n) is 2.97. The minimum atomic E-state index is -0.423. The van der Waals surface area contributed by atoms with Crippen LogP contribution in [0.1, 0.15) is 5.69 Å². The molecular formula is C18H11N7O2S. The number of benzene rings is 1. The van der Waals surface area contributed by atoms with Gasteiger partial charge in [0.05, 0.1) is 10.6 Å². The van der Waals surface area contributed by atoms with Crippen molar-refractivity contribution in [3.05, 3.63) is 64.5 Å². The molecule has 5 aromatic rings. The normalized spacial score (nSPS) is 11.3. The topological polar surface area (TPSA) is 112 Å². The van der Waals surface area contributed by atoms with Gasteiger partial charge in [0.1, 0.15) is 5.01 Å². The molecule has 4 aromatic heterocycles. The van der Waals surface area contributed by atoms with E-state index in [9.17, 15) is 10.1 Å². The second-order valence-electron chi connectivity index (χ2n) is 6.10. The highest BCUT2D eigenvalue weighted by Crippen LogP contribution is 2.31. The number of nitro benzene ring substituents is 1. The lowest BCUT2D eigenvalue weighted by molar-refractivity contribution is -0.384. The number of rotatable bonds is 3. The van der Waals surface area contributed by atoms with E-state index in [4.69, 9.17) is 0 Å². The Bertz CT molecular complexity index is 1380. The molecule has 0 N–H and O–H groups in total. The van der Waals surface area contributed by atoms with Crippen LogP contribution in [0.5, 0.6) is 0 Å². The Morgan fingerprint density at radius 1 is 1.14 bits per heavy atom. The molecule has 0 spiro atoms. The molecule has 0 aliphatic carbocycles. The quantitative estimate of drug-likeness (QED) is 0.342. The first-order valence-corrected chi connectivity index (χ1v) is 9.11. The first-order valence-electron chi connectivity index (χ1n) is 8.30. The van der Waals surface area contributed by atoms with Gasteiger partial charge in [-0.1, -0.05) is 23.5 Å². The van der Waals surface area contributed by atoms with E-state index in [1.165, 1.54) is 23.5 Å². The lowest BCUT2D eigenvalue weighted by atomic mass is 10.1. The number of aromatic nitrogens is 6. The molecule has 0 atom stereocenters. The molecule has 0 bridgehead atoms. The van der Waals surface area contributed by atoms with Crippen molar-refractivity contribution in [2.45, 2.75) is 6.92 Å². The van der Waals surface area contributed by atoms with Gasteiger partial charge in [0.15, 0.2) is 11.5 Å². The molecule has 1 aromatic carbocycles. The van der Waals surface area contributed by atoms with Crippen molar-refractivity contribution in [1.29, 1.82) is 0 Å². The van der Waals surface area contributed by atoms with E-state index in [0.717, 1.165) is 16.6 Å². The Balaban J connectivity index is 1.66. The summed E-state index contributed by atoms with van der Waals surface area (Å²) in [6.45, 7) is 1.89. The third-order valence-corrected chi connectivity index (χ3v) is 5.26. The van der Waals surface area contributed by atoms with Gasteiger partial charge in [0.25, 0.3) is 5.69 Å². The molecular weight excluding hydrogens is 378 g/mol. The van der Waals surface area contributed by atoms with Crippen molar-refractivity contribution in [3.8, 4) is 22.0 Å². The summed E-state index contributed by atoms with van der Waals surface area (Å²) in [5.74, 6) is 0.568. The van der Waals surface area contributed by atoms with E-state index in [1.54, 1.807) is 22.8 Å². The highest BCUT2D eigenvalue weighted by Gasteiger charge is 2.18. The predicted molar refractivity (Wildman–Crippen MR) is 104 cm³/mol. The van der Waals surface area contributed by atoms with Crippen LogP contribution in [0.25, 0.3) is 38.0 Å². The molecule has 28 heavy (non-hydrogen) atoms. The summed E-state index contributed by atoms with van der Waals surface area (Å²) in [5.41, 5.74) is 2.92. The van der Waals surface area contributed by atoms with Crippen molar-refractivity contribution in [2.75, 3.05) is 0 Å². The van der Waals surface area contributed by atoms with Gasteiger partial charge in [-0.05, 0) is 25.1 Å². The van der Waals surface area contributed by atoms with Crippen LogP contribution in [0.15, 0.2) is 48.7 Å². The van der Waals surface area contributed by atoms with Crippen LogP contribution in [0.2, 0.25) is 0 Å². The monoisotopic (exact) mass is 389 g/mol. The number of aryl methyl sites for hydroxylation is 1. The van der Waals surface area contributed by atoms with Crippen molar-refractivity contribution >= 4 is 33.0 Å². The van der Waals surface area contributed by atoms with Crippen LogP contribution in [0.3, 0.4) is 0 Å². The molecule has 0 amide bonds. The van der Waals surface area contributed by atoms with Crippen LogP contribution in [-0.4, -0.2) is 34.7 Å².